The maximum absolute atomic E-state index is 12.8. The molecule has 4 atom stereocenters. The number of amides is 1. The number of carboxylic acids is 1. The predicted octanol–water partition coefficient (Wildman–Crippen LogP) is 4.51. The molecule has 0 saturated heterocycles. The Kier molecular flexibility index (Phi) is 4.99. The molecule has 1 amide bonds. The minimum atomic E-state index is -0.878. The van der Waals surface area contributed by atoms with Crippen LogP contribution in [0.15, 0.2) is 34.7 Å². The van der Waals surface area contributed by atoms with Crippen molar-refractivity contribution in [3.8, 4) is 0 Å². The van der Waals surface area contributed by atoms with Gasteiger partial charge >= 0.3 is 5.97 Å². The smallest absolute Gasteiger partial charge is 0.307 e. The zero-order valence-electron chi connectivity index (χ0n) is 15.2. The number of thioether (sulfide) groups is 1. The van der Waals surface area contributed by atoms with Crippen molar-refractivity contribution in [1.82, 2.24) is 4.98 Å². The van der Waals surface area contributed by atoms with Crippen molar-refractivity contribution in [3.05, 3.63) is 30.4 Å². The van der Waals surface area contributed by atoms with Gasteiger partial charge in [0, 0.05) is 11.4 Å². The van der Waals surface area contributed by atoms with Crippen LogP contribution in [0, 0.1) is 29.6 Å². The van der Waals surface area contributed by atoms with Gasteiger partial charge in [0.05, 0.1) is 22.1 Å². The second-order valence-corrected chi connectivity index (χ2v) is 9.99. The van der Waals surface area contributed by atoms with Crippen LogP contribution in [-0.4, -0.2) is 27.7 Å². The minimum Gasteiger partial charge on any atom is -0.481 e. The molecule has 1 saturated carbocycles. The first-order chi connectivity index (χ1) is 12.9. The Balaban J connectivity index is 1.50. The maximum atomic E-state index is 12.8. The summed E-state index contributed by atoms with van der Waals surface area (Å²) in [5.41, 5.74) is 1.63. The number of aromatic nitrogens is 1. The zero-order valence-corrected chi connectivity index (χ0v) is 16.8. The van der Waals surface area contributed by atoms with Gasteiger partial charge in [-0.15, -0.1) is 11.3 Å². The number of carbonyl (C=O) groups is 2. The molecule has 0 unspecified atom stereocenters. The first kappa shape index (κ1) is 18.5. The van der Waals surface area contributed by atoms with Crippen LogP contribution in [0.3, 0.4) is 0 Å². The van der Waals surface area contributed by atoms with Crippen LogP contribution in [-0.2, 0) is 9.59 Å². The summed E-state index contributed by atoms with van der Waals surface area (Å²) in [6, 6.07) is 5.69. The van der Waals surface area contributed by atoms with Crippen LogP contribution in [0.25, 0.3) is 10.2 Å². The predicted molar refractivity (Wildman–Crippen MR) is 109 cm³/mol. The summed E-state index contributed by atoms with van der Waals surface area (Å²) in [5.74, 6) is -0.547. The van der Waals surface area contributed by atoms with E-state index >= 15 is 0 Å². The van der Waals surface area contributed by atoms with Gasteiger partial charge in [-0.05, 0) is 42.4 Å². The molecule has 142 valence electrons. The number of benzene rings is 1. The van der Waals surface area contributed by atoms with Gasteiger partial charge in [-0.1, -0.05) is 37.8 Å². The van der Waals surface area contributed by atoms with Crippen molar-refractivity contribution in [1.29, 1.82) is 0 Å². The highest BCUT2D eigenvalue weighted by atomic mass is 32.2. The van der Waals surface area contributed by atoms with Crippen LogP contribution in [0.2, 0.25) is 0 Å². The Bertz CT molecular complexity index is 921. The summed E-state index contributed by atoms with van der Waals surface area (Å²) in [7, 11) is 0. The lowest BCUT2D eigenvalue weighted by molar-refractivity contribution is -0.146. The Labute approximate surface area is 166 Å². The largest absolute Gasteiger partial charge is 0.481 e. The van der Waals surface area contributed by atoms with E-state index in [0.717, 1.165) is 26.7 Å². The number of carboxylic acid groups (broad SMARTS) is 1. The molecular weight excluding hydrogens is 380 g/mol. The number of nitrogens with one attached hydrogen (secondary N) is 1. The average molecular weight is 403 g/mol. The number of carbonyl (C=O) groups excluding carboxylic acids is 1. The van der Waals surface area contributed by atoms with E-state index < -0.39 is 17.8 Å². The summed E-state index contributed by atoms with van der Waals surface area (Å²) >= 11 is 3.38. The molecule has 1 heterocycles. The highest BCUT2D eigenvalue weighted by Gasteiger charge is 2.51. The third-order valence-electron chi connectivity index (χ3n) is 5.22. The molecule has 1 fully saturated rings. The van der Waals surface area contributed by atoms with Crippen LogP contribution >= 0.6 is 23.1 Å². The summed E-state index contributed by atoms with van der Waals surface area (Å²) in [6.07, 6.45) is 4.71. The number of thiazole rings is 1. The first-order valence-electron chi connectivity index (χ1n) is 9.17. The SMILES string of the molecule is CC(C)CSc1nc2ccc(NC(=O)[C@H]3[C@H](C(=O)O)[C@H]4C=C[C@H]3C4)cc2s1. The van der Waals surface area contributed by atoms with Crippen LogP contribution < -0.4 is 5.32 Å². The minimum absolute atomic E-state index is 0.0206. The normalized spacial score (nSPS) is 26.2. The van der Waals surface area contributed by atoms with Crippen LogP contribution in [0.1, 0.15) is 20.3 Å². The van der Waals surface area contributed by atoms with E-state index in [1.807, 2.05) is 30.4 Å². The molecule has 1 aromatic heterocycles. The lowest BCUT2D eigenvalue weighted by Crippen LogP contribution is -2.36. The molecule has 2 N–H and O–H groups in total. The van der Waals surface area contributed by atoms with Gasteiger partial charge in [0.15, 0.2) is 4.34 Å². The van der Waals surface area contributed by atoms with Crippen molar-refractivity contribution in [2.45, 2.75) is 24.6 Å². The molecule has 0 radical (unpaired) electrons. The topological polar surface area (TPSA) is 79.3 Å². The van der Waals surface area contributed by atoms with Gasteiger partial charge in [-0.2, -0.15) is 0 Å². The number of hydrogen-bond donors (Lipinski definition) is 2. The summed E-state index contributed by atoms with van der Waals surface area (Å²) < 4.78 is 2.06. The first-order valence-corrected chi connectivity index (χ1v) is 11.0. The van der Waals surface area contributed by atoms with Gasteiger partial charge in [0.25, 0.3) is 0 Å². The van der Waals surface area contributed by atoms with Crippen LogP contribution in [0.4, 0.5) is 5.69 Å². The lowest BCUT2D eigenvalue weighted by atomic mass is 9.82. The quantitative estimate of drug-likeness (QED) is 0.549. The molecular formula is C20H22N2O3S2. The number of allylic oxidation sites excluding steroid dienone is 2. The monoisotopic (exact) mass is 402 g/mol. The number of nitrogens with zero attached hydrogens (tertiary/aromatic N) is 1. The van der Waals surface area contributed by atoms with Gasteiger partial charge < -0.3 is 10.4 Å². The molecule has 0 spiro atoms. The molecule has 7 heteroatoms. The van der Waals surface area contributed by atoms with Crippen molar-refractivity contribution in [2.75, 3.05) is 11.1 Å². The second kappa shape index (κ2) is 7.28. The van der Waals surface area contributed by atoms with E-state index in [2.05, 4.69) is 24.1 Å². The molecule has 2 bridgehead atoms. The Morgan fingerprint density at radius 2 is 2.04 bits per heavy atom. The number of fused-ring (bicyclic) bond motifs is 3. The summed E-state index contributed by atoms with van der Waals surface area (Å²) in [5, 5.41) is 12.5. The fourth-order valence-electron chi connectivity index (χ4n) is 4.02. The van der Waals surface area contributed by atoms with Gasteiger partial charge in [0.1, 0.15) is 0 Å². The molecule has 0 aliphatic heterocycles. The lowest BCUT2D eigenvalue weighted by Gasteiger charge is -2.23. The standard InChI is InChI=1S/C20H22N2O3S2/c1-10(2)9-26-20-22-14-6-5-13(8-15(14)27-20)21-18(23)16-11-3-4-12(7-11)17(16)19(24)25/h3-6,8,10-12,16-17H,7,9H2,1-2H3,(H,21,23)(H,24,25)/t11-,12-,16+,17+/m0/s1. The Morgan fingerprint density at radius 1 is 1.30 bits per heavy atom. The molecule has 2 aliphatic rings. The van der Waals surface area contributed by atoms with E-state index in [0.29, 0.717) is 11.6 Å². The Morgan fingerprint density at radius 3 is 2.74 bits per heavy atom. The number of rotatable bonds is 6. The third-order valence-corrected chi connectivity index (χ3v) is 7.81. The van der Waals surface area contributed by atoms with Crippen molar-refractivity contribution >= 4 is 50.9 Å². The fourth-order valence-corrected chi connectivity index (χ4v) is 6.11. The average Bonchev–Trinajstić information content (AvgIpc) is 3.32. The summed E-state index contributed by atoms with van der Waals surface area (Å²) in [4.78, 5) is 29.1. The third kappa shape index (κ3) is 3.62. The van der Waals surface area contributed by atoms with E-state index in [-0.39, 0.29) is 17.7 Å². The molecule has 27 heavy (non-hydrogen) atoms. The van der Waals surface area contributed by atoms with E-state index in [4.69, 9.17) is 0 Å². The molecule has 2 aliphatic carbocycles. The molecule has 5 nitrogen and oxygen atoms in total. The van der Waals surface area contributed by atoms with E-state index in [1.54, 1.807) is 23.1 Å². The van der Waals surface area contributed by atoms with Crippen molar-refractivity contribution in [3.63, 3.8) is 0 Å². The number of aliphatic carboxylic acids is 1. The highest BCUT2D eigenvalue weighted by Crippen LogP contribution is 2.48. The van der Waals surface area contributed by atoms with Crippen molar-refractivity contribution in [2.24, 2.45) is 29.6 Å². The van der Waals surface area contributed by atoms with E-state index in [9.17, 15) is 14.7 Å². The van der Waals surface area contributed by atoms with Crippen LogP contribution in [0.5, 0.6) is 0 Å². The van der Waals surface area contributed by atoms with Gasteiger partial charge in [-0.25, -0.2) is 4.98 Å². The summed E-state index contributed by atoms with van der Waals surface area (Å²) in [6.45, 7) is 4.37. The second-order valence-electron chi connectivity index (χ2n) is 7.69. The maximum Gasteiger partial charge on any atom is 0.307 e. The Hall–Kier alpha value is -1.86. The fraction of sp³-hybridized carbons (Fsp3) is 0.450. The van der Waals surface area contributed by atoms with Crippen molar-refractivity contribution < 1.29 is 14.7 Å². The van der Waals surface area contributed by atoms with Gasteiger partial charge in [-0.3, -0.25) is 9.59 Å². The molecule has 4 rings (SSSR count). The zero-order chi connectivity index (χ0) is 19.1. The highest BCUT2D eigenvalue weighted by molar-refractivity contribution is 8.01. The van der Waals surface area contributed by atoms with E-state index in [1.165, 1.54) is 0 Å². The number of hydrogen-bond acceptors (Lipinski definition) is 5. The molecule has 1 aromatic carbocycles. The molecule has 2 aromatic rings. The van der Waals surface area contributed by atoms with Gasteiger partial charge in [0.2, 0.25) is 5.91 Å². The number of anilines is 1.